The van der Waals surface area contributed by atoms with Crippen molar-refractivity contribution in [2.24, 2.45) is 11.3 Å². The maximum atomic E-state index is 12.4. The van der Waals surface area contributed by atoms with Crippen LogP contribution in [0.15, 0.2) is 0 Å². The Hall–Kier alpha value is -1.50. The van der Waals surface area contributed by atoms with Crippen molar-refractivity contribution in [3.63, 3.8) is 0 Å². The summed E-state index contributed by atoms with van der Waals surface area (Å²) in [6, 6.07) is 0. The monoisotopic (exact) mass is 253 g/mol. The van der Waals surface area contributed by atoms with Gasteiger partial charge in [0.1, 0.15) is 5.92 Å². The van der Waals surface area contributed by atoms with Gasteiger partial charge in [0, 0.05) is 6.54 Å². The number of ether oxygens (including phenoxy) is 1. The summed E-state index contributed by atoms with van der Waals surface area (Å²) in [5.74, 6) is 0.872. The highest BCUT2D eigenvalue weighted by molar-refractivity contribution is 5.98. The van der Waals surface area contributed by atoms with Crippen LogP contribution in [-0.2, 0) is 14.3 Å². The van der Waals surface area contributed by atoms with Gasteiger partial charge in [-0.05, 0) is 19.3 Å². The van der Waals surface area contributed by atoms with E-state index in [1.165, 1.54) is 4.90 Å². The Morgan fingerprint density at radius 3 is 2.22 bits per heavy atom. The fourth-order valence-electron chi connectivity index (χ4n) is 1.69. The quantitative estimate of drug-likeness (QED) is 0.425. The Balaban J connectivity index is 5.15. The molecule has 0 aliphatic carbocycles. The van der Waals surface area contributed by atoms with Gasteiger partial charge >= 0.3 is 5.97 Å². The van der Waals surface area contributed by atoms with Crippen LogP contribution >= 0.6 is 0 Å². The van der Waals surface area contributed by atoms with Crippen LogP contribution in [0, 0.1) is 23.7 Å². The molecule has 1 amide bonds. The summed E-state index contributed by atoms with van der Waals surface area (Å²) >= 11 is 0. The third-order valence-electron chi connectivity index (χ3n) is 2.61. The average molecular weight is 253 g/mol. The van der Waals surface area contributed by atoms with Crippen molar-refractivity contribution in [3.8, 4) is 12.3 Å². The minimum absolute atomic E-state index is 0.210. The lowest BCUT2D eigenvalue weighted by Crippen LogP contribution is -2.46. The Labute approximate surface area is 110 Å². The summed E-state index contributed by atoms with van der Waals surface area (Å²) in [4.78, 5) is 25.8. The molecule has 0 radical (unpaired) electrons. The van der Waals surface area contributed by atoms with Crippen LogP contribution in [0.2, 0.25) is 0 Å². The van der Waals surface area contributed by atoms with Crippen molar-refractivity contribution in [1.82, 2.24) is 4.90 Å². The SMILES string of the molecule is C#CCN(CC)C(=O)C(C(=O)OCC)C(C)(C)C. The largest absolute Gasteiger partial charge is 0.465 e. The zero-order valence-electron chi connectivity index (χ0n) is 11.9. The van der Waals surface area contributed by atoms with E-state index in [2.05, 4.69) is 5.92 Å². The van der Waals surface area contributed by atoms with E-state index in [9.17, 15) is 9.59 Å². The molecule has 18 heavy (non-hydrogen) atoms. The second-order valence-electron chi connectivity index (χ2n) is 5.11. The minimum Gasteiger partial charge on any atom is -0.465 e. The van der Waals surface area contributed by atoms with Gasteiger partial charge in [-0.2, -0.15) is 0 Å². The topological polar surface area (TPSA) is 46.6 Å². The van der Waals surface area contributed by atoms with Crippen LogP contribution in [0.4, 0.5) is 0 Å². The van der Waals surface area contributed by atoms with Crippen molar-refractivity contribution < 1.29 is 14.3 Å². The summed E-state index contributed by atoms with van der Waals surface area (Å²) < 4.78 is 4.99. The molecule has 0 aliphatic heterocycles. The number of nitrogens with zero attached hydrogens (tertiary/aromatic N) is 1. The first-order valence-electron chi connectivity index (χ1n) is 6.18. The fraction of sp³-hybridized carbons (Fsp3) is 0.714. The maximum Gasteiger partial charge on any atom is 0.319 e. The number of amides is 1. The van der Waals surface area contributed by atoms with Crippen LogP contribution in [0.1, 0.15) is 34.6 Å². The smallest absolute Gasteiger partial charge is 0.319 e. The number of esters is 1. The molecule has 1 unspecified atom stereocenters. The molecule has 0 rings (SSSR count). The molecule has 0 aromatic carbocycles. The first-order chi connectivity index (χ1) is 8.29. The summed E-state index contributed by atoms with van der Waals surface area (Å²) in [6.07, 6.45) is 5.23. The molecule has 0 saturated heterocycles. The van der Waals surface area contributed by atoms with E-state index in [4.69, 9.17) is 11.2 Å². The highest BCUT2D eigenvalue weighted by Crippen LogP contribution is 2.29. The van der Waals surface area contributed by atoms with E-state index in [0.717, 1.165) is 0 Å². The van der Waals surface area contributed by atoms with E-state index in [1.54, 1.807) is 6.92 Å². The molecular formula is C14H23NO3. The van der Waals surface area contributed by atoms with E-state index in [-0.39, 0.29) is 19.1 Å². The number of hydrogen-bond acceptors (Lipinski definition) is 3. The molecule has 102 valence electrons. The van der Waals surface area contributed by atoms with Gasteiger partial charge in [-0.15, -0.1) is 6.42 Å². The molecule has 4 heteroatoms. The van der Waals surface area contributed by atoms with Gasteiger partial charge in [0.25, 0.3) is 0 Å². The molecule has 0 aromatic heterocycles. The average Bonchev–Trinajstić information content (AvgIpc) is 2.24. The summed E-state index contributed by atoms with van der Waals surface area (Å²) in [5.41, 5.74) is -0.495. The van der Waals surface area contributed by atoms with Crippen molar-refractivity contribution >= 4 is 11.9 Å². The van der Waals surface area contributed by atoms with Crippen molar-refractivity contribution in [2.45, 2.75) is 34.6 Å². The van der Waals surface area contributed by atoms with Gasteiger partial charge in [-0.25, -0.2) is 0 Å². The molecule has 4 nitrogen and oxygen atoms in total. The molecule has 0 fully saturated rings. The van der Waals surface area contributed by atoms with Gasteiger partial charge in [0.05, 0.1) is 13.2 Å². The van der Waals surface area contributed by atoms with Crippen LogP contribution in [0.5, 0.6) is 0 Å². The highest BCUT2D eigenvalue weighted by Gasteiger charge is 2.40. The standard InChI is InChI=1S/C14H23NO3/c1-7-10-15(8-2)12(16)11(14(4,5)6)13(17)18-9-3/h1,11H,8-10H2,2-6H3. The summed E-state index contributed by atoms with van der Waals surface area (Å²) in [7, 11) is 0. The predicted molar refractivity (Wildman–Crippen MR) is 70.7 cm³/mol. The first-order valence-corrected chi connectivity index (χ1v) is 6.18. The predicted octanol–water partition coefficient (Wildman–Crippen LogP) is 1.69. The Morgan fingerprint density at radius 2 is 1.89 bits per heavy atom. The lowest BCUT2D eigenvalue weighted by atomic mass is 9.79. The second kappa shape index (κ2) is 7.05. The van der Waals surface area contributed by atoms with Crippen LogP contribution in [-0.4, -0.2) is 36.5 Å². The van der Waals surface area contributed by atoms with Gasteiger partial charge in [-0.3, -0.25) is 9.59 Å². The van der Waals surface area contributed by atoms with Crippen molar-refractivity contribution in [2.75, 3.05) is 19.7 Å². The van der Waals surface area contributed by atoms with Crippen LogP contribution < -0.4 is 0 Å². The Kier molecular flexibility index (Phi) is 6.46. The Bertz CT molecular complexity index is 336. The van der Waals surface area contributed by atoms with Gasteiger partial charge in [0.2, 0.25) is 5.91 Å². The molecule has 0 N–H and O–H groups in total. The minimum atomic E-state index is -0.814. The van der Waals surface area contributed by atoms with Crippen LogP contribution in [0.25, 0.3) is 0 Å². The van der Waals surface area contributed by atoms with Crippen molar-refractivity contribution in [1.29, 1.82) is 0 Å². The lowest BCUT2D eigenvalue weighted by molar-refractivity contribution is -0.160. The maximum absolute atomic E-state index is 12.4. The normalized spacial score (nSPS) is 12.4. The second-order valence-corrected chi connectivity index (χ2v) is 5.11. The van der Waals surface area contributed by atoms with E-state index < -0.39 is 17.3 Å². The van der Waals surface area contributed by atoms with E-state index in [1.807, 2.05) is 27.7 Å². The molecular weight excluding hydrogens is 230 g/mol. The summed E-state index contributed by atoms with van der Waals surface area (Å²) in [6.45, 7) is 10.0. The lowest BCUT2D eigenvalue weighted by Gasteiger charge is -2.31. The van der Waals surface area contributed by atoms with E-state index in [0.29, 0.717) is 6.54 Å². The van der Waals surface area contributed by atoms with Gasteiger partial charge in [0.15, 0.2) is 0 Å². The molecule has 0 bridgehead atoms. The zero-order valence-corrected chi connectivity index (χ0v) is 11.9. The van der Waals surface area contributed by atoms with Crippen LogP contribution in [0.3, 0.4) is 0 Å². The number of rotatable bonds is 5. The Morgan fingerprint density at radius 1 is 1.33 bits per heavy atom. The molecule has 0 spiro atoms. The molecule has 0 heterocycles. The fourth-order valence-corrected chi connectivity index (χ4v) is 1.69. The van der Waals surface area contributed by atoms with E-state index >= 15 is 0 Å². The number of hydrogen-bond donors (Lipinski definition) is 0. The number of carbonyl (C=O) groups excluding carboxylic acids is 2. The molecule has 1 atom stereocenters. The third kappa shape index (κ3) is 4.40. The third-order valence-corrected chi connectivity index (χ3v) is 2.61. The molecule has 0 aromatic rings. The molecule has 0 aliphatic rings. The van der Waals surface area contributed by atoms with Gasteiger partial charge in [-0.1, -0.05) is 26.7 Å². The zero-order chi connectivity index (χ0) is 14.3. The summed E-state index contributed by atoms with van der Waals surface area (Å²) in [5, 5.41) is 0. The highest BCUT2D eigenvalue weighted by atomic mass is 16.5. The number of terminal acetylenes is 1. The van der Waals surface area contributed by atoms with Gasteiger partial charge < -0.3 is 9.64 Å². The first kappa shape index (κ1) is 16.5. The molecule has 0 saturated carbocycles. The van der Waals surface area contributed by atoms with Crippen molar-refractivity contribution in [3.05, 3.63) is 0 Å². The number of carbonyl (C=O) groups is 2.